The number of aromatic nitrogens is 2. The fourth-order valence-electron chi connectivity index (χ4n) is 3.82. The van der Waals surface area contributed by atoms with Crippen LogP contribution in [0.2, 0.25) is 0 Å². The first-order valence-electron chi connectivity index (χ1n) is 9.61. The average Bonchev–Trinajstić information content (AvgIpc) is 3.10. The van der Waals surface area contributed by atoms with Crippen LogP contribution in [0.15, 0.2) is 38.3 Å². The number of nitrogens with one attached hydrogen (secondary N) is 2. The van der Waals surface area contributed by atoms with Crippen molar-refractivity contribution < 1.29 is 4.52 Å². The van der Waals surface area contributed by atoms with Gasteiger partial charge in [-0.15, -0.1) is 24.0 Å². The molecule has 6 nitrogen and oxygen atoms in total. The van der Waals surface area contributed by atoms with Crippen LogP contribution in [0.4, 0.5) is 0 Å². The number of hydrogen-bond donors (Lipinski definition) is 2. The van der Waals surface area contributed by atoms with E-state index in [1.807, 2.05) is 6.92 Å². The maximum absolute atomic E-state index is 5.15. The van der Waals surface area contributed by atoms with Crippen LogP contribution in [-0.2, 0) is 11.8 Å². The zero-order valence-electron chi connectivity index (χ0n) is 16.5. The smallest absolute Gasteiger partial charge is 0.228 e. The Labute approximate surface area is 192 Å². The summed E-state index contributed by atoms with van der Waals surface area (Å²) in [5.74, 6) is 2.13. The minimum absolute atomic E-state index is 0. The fraction of sp³-hybridized carbons (Fsp3) is 0.550. The Morgan fingerprint density at radius 2 is 2.04 bits per heavy atom. The molecule has 0 spiro atoms. The van der Waals surface area contributed by atoms with Gasteiger partial charge in [0.1, 0.15) is 0 Å². The normalized spacial score (nSPS) is 16.3. The summed E-state index contributed by atoms with van der Waals surface area (Å²) in [6.45, 7) is 3.40. The Morgan fingerprint density at radius 1 is 1.25 bits per heavy atom. The van der Waals surface area contributed by atoms with E-state index in [2.05, 4.69) is 66.0 Å². The zero-order chi connectivity index (χ0) is 19.1. The number of aryl methyl sites for hydroxylation is 1. The molecule has 0 saturated heterocycles. The van der Waals surface area contributed by atoms with Crippen LogP contribution in [0.1, 0.15) is 49.4 Å². The molecule has 28 heavy (non-hydrogen) atoms. The van der Waals surface area contributed by atoms with E-state index in [0.29, 0.717) is 24.7 Å². The van der Waals surface area contributed by atoms with Crippen molar-refractivity contribution in [3.63, 3.8) is 0 Å². The highest BCUT2D eigenvalue weighted by atomic mass is 127. The van der Waals surface area contributed by atoms with Gasteiger partial charge in [0.05, 0.1) is 0 Å². The van der Waals surface area contributed by atoms with E-state index in [4.69, 9.17) is 4.52 Å². The Balaban J connectivity index is 0.00000280. The highest BCUT2D eigenvalue weighted by Gasteiger charge is 2.34. The lowest BCUT2D eigenvalue weighted by Crippen LogP contribution is -2.47. The summed E-state index contributed by atoms with van der Waals surface area (Å²) in [6.07, 6.45) is 6.96. The Hall–Kier alpha value is -1.16. The maximum atomic E-state index is 5.15. The van der Waals surface area contributed by atoms with Gasteiger partial charge in [-0.3, -0.25) is 4.99 Å². The maximum Gasteiger partial charge on any atom is 0.228 e. The second-order valence-corrected chi connectivity index (χ2v) is 8.10. The van der Waals surface area contributed by atoms with Crippen molar-refractivity contribution in [3.05, 3.63) is 46.0 Å². The van der Waals surface area contributed by atoms with Crippen LogP contribution in [-0.4, -0.2) is 36.2 Å². The van der Waals surface area contributed by atoms with Gasteiger partial charge in [0.25, 0.3) is 0 Å². The van der Waals surface area contributed by atoms with Gasteiger partial charge in [-0.2, -0.15) is 4.98 Å². The minimum atomic E-state index is 0. The van der Waals surface area contributed by atoms with Crippen molar-refractivity contribution in [3.8, 4) is 0 Å². The predicted octanol–water partition coefficient (Wildman–Crippen LogP) is 4.37. The van der Waals surface area contributed by atoms with Crippen LogP contribution < -0.4 is 10.6 Å². The number of benzene rings is 1. The van der Waals surface area contributed by atoms with Gasteiger partial charge in [-0.05, 0) is 37.5 Å². The molecule has 2 aromatic rings. The Morgan fingerprint density at radius 3 is 2.68 bits per heavy atom. The summed E-state index contributed by atoms with van der Waals surface area (Å²) in [5, 5.41) is 10.7. The van der Waals surface area contributed by atoms with Crippen molar-refractivity contribution >= 4 is 45.9 Å². The van der Waals surface area contributed by atoms with E-state index in [9.17, 15) is 0 Å². The number of halogens is 2. The summed E-state index contributed by atoms with van der Waals surface area (Å²) < 4.78 is 6.30. The first kappa shape index (κ1) is 23.1. The highest BCUT2D eigenvalue weighted by molar-refractivity contribution is 14.0. The molecule has 2 N–H and O–H groups in total. The number of aliphatic imine (C=N–C) groups is 1. The molecule has 1 aromatic carbocycles. The predicted molar refractivity (Wildman–Crippen MR) is 126 cm³/mol. The summed E-state index contributed by atoms with van der Waals surface area (Å²) in [7, 11) is 1.80. The van der Waals surface area contributed by atoms with Gasteiger partial charge in [-0.25, -0.2) is 0 Å². The van der Waals surface area contributed by atoms with Gasteiger partial charge in [0.15, 0.2) is 11.8 Å². The van der Waals surface area contributed by atoms with Crippen LogP contribution in [0, 0.1) is 6.92 Å². The fourth-order valence-corrected chi connectivity index (χ4v) is 4.22. The van der Waals surface area contributed by atoms with Crippen molar-refractivity contribution in [1.29, 1.82) is 0 Å². The zero-order valence-corrected chi connectivity index (χ0v) is 20.4. The number of hydrogen-bond acceptors (Lipinski definition) is 4. The molecule has 1 fully saturated rings. The van der Waals surface area contributed by atoms with E-state index in [-0.39, 0.29) is 29.4 Å². The monoisotopic (exact) mass is 561 g/mol. The van der Waals surface area contributed by atoms with Gasteiger partial charge in [-0.1, -0.05) is 52.5 Å². The molecule has 0 unspecified atom stereocenters. The molecular formula is C20H29BrIN5O. The molecule has 1 aliphatic rings. The largest absolute Gasteiger partial charge is 0.356 e. The summed E-state index contributed by atoms with van der Waals surface area (Å²) in [5.41, 5.74) is 1.56. The number of rotatable bonds is 6. The van der Waals surface area contributed by atoms with Gasteiger partial charge < -0.3 is 15.2 Å². The van der Waals surface area contributed by atoms with E-state index in [1.165, 1.54) is 37.7 Å². The SMILES string of the molecule is CN=C(NCCc1nc(C)no1)NCC1(c2cccc(Br)c2)CCCCC1.I. The topological polar surface area (TPSA) is 75.3 Å². The standard InChI is InChI=1S/C20H28BrN5O.HI/c1-15-25-18(27-26-15)9-12-23-19(22-2)24-14-20(10-4-3-5-11-20)16-7-6-8-17(21)13-16;/h6-8,13H,3-5,9-12,14H2,1-2H3,(H2,22,23,24);1H. The van der Waals surface area contributed by atoms with Gasteiger partial charge >= 0.3 is 0 Å². The number of nitrogens with zero attached hydrogens (tertiary/aromatic N) is 3. The summed E-state index contributed by atoms with van der Waals surface area (Å²) in [6, 6.07) is 8.75. The number of guanidine groups is 1. The van der Waals surface area contributed by atoms with Crippen LogP contribution in [0.5, 0.6) is 0 Å². The first-order chi connectivity index (χ1) is 13.1. The Bertz CT molecular complexity index is 773. The highest BCUT2D eigenvalue weighted by Crippen LogP contribution is 2.39. The minimum Gasteiger partial charge on any atom is -0.356 e. The van der Waals surface area contributed by atoms with Crippen molar-refractivity contribution in [2.75, 3.05) is 20.1 Å². The molecule has 0 aliphatic heterocycles. The first-order valence-corrected chi connectivity index (χ1v) is 10.4. The van der Waals surface area contributed by atoms with E-state index >= 15 is 0 Å². The van der Waals surface area contributed by atoms with E-state index in [1.54, 1.807) is 7.05 Å². The molecule has 1 aromatic heterocycles. The molecule has 0 atom stereocenters. The molecule has 1 saturated carbocycles. The molecule has 3 rings (SSSR count). The molecule has 0 radical (unpaired) electrons. The second kappa shape index (κ2) is 11.1. The third-order valence-corrected chi connectivity index (χ3v) is 5.76. The second-order valence-electron chi connectivity index (χ2n) is 7.19. The van der Waals surface area contributed by atoms with Crippen molar-refractivity contribution in [2.24, 2.45) is 4.99 Å². The Kier molecular flexibility index (Phi) is 9.20. The van der Waals surface area contributed by atoms with Gasteiger partial charge in [0.2, 0.25) is 5.89 Å². The molecule has 8 heteroatoms. The van der Waals surface area contributed by atoms with Crippen LogP contribution in [0.3, 0.4) is 0 Å². The average molecular weight is 562 g/mol. The lowest BCUT2D eigenvalue weighted by molar-refractivity contribution is 0.291. The lowest BCUT2D eigenvalue weighted by atomic mass is 9.69. The van der Waals surface area contributed by atoms with Crippen LogP contribution in [0.25, 0.3) is 0 Å². The van der Waals surface area contributed by atoms with Gasteiger partial charge in [0, 0.05) is 36.4 Å². The third-order valence-electron chi connectivity index (χ3n) is 5.27. The molecule has 0 amide bonds. The molecule has 154 valence electrons. The quantitative estimate of drug-likeness (QED) is 0.311. The molecule has 1 heterocycles. The lowest BCUT2D eigenvalue weighted by Gasteiger charge is -2.38. The van der Waals surface area contributed by atoms with Crippen molar-refractivity contribution in [2.45, 2.75) is 50.9 Å². The van der Waals surface area contributed by atoms with Crippen molar-refractivity contribution in [1.82, 2.24) is 20.8 Å². The summed E-state index contributed by atoms with van der Waals surface area (Å²) in [4.78, 5) is 8.60. The molecule has 1 aliphatic carbocycles. The molecule has 0 bridgehead atoms. The molecular weight excluding hydrogens is 533 g/mol. The van der Waals surface area contributed by atoms with Crippen LogP contribution >= 0.6 is 39.9 Å². The third kappa shape index (κ3) is 6.17. The van der Waals surface area contributed by atoms with E-state index in [0.717, 1.165) is 17.0 Å². The van der Waals surface area contributed by atoms with E-state index < -0.39 is 0 Å². The summed E-state index contributed by atoms with van der Waals surface area (Å²) >= 11 is 3.63.